The summed E-state index contributed by atoms with van der Waals surface area (Å²) in [6.07, 6.45) is 0.829. The molecule has 4 rings (SSSR count). The number of benzene rings is 3. The highest BCUT2D eigenvalue weighted by atomic mass is 16.5. The molecule has 0 saturated heterocycles. The average molecular weight is 471 g/mol. The monoisotopic (exact) mass is 471 g/mol. The van der Waals surface area contributed by atoms with Crippen molar-refractivity contribution in [1.82, 2.24) is 0 Å². The quantitative estimate of drug-likeness (QED) is 0.222. The van der Waals surface area contributed by atoms with Crippen LogP contribution in [0.15, 0.2) is 66.7 Å². The predicted molar refractivity (Wildman–Crippen MR) is 126 cm³/mol. The summed E-state index contributed by atoms with van der Waals surface area (Å²) in [5, 5.41) is 0. The van der Waals surface area contributed by atoms with Crippen molar-refractivity contribution in [2.24, 2.45) is 0 Å². The van der Waals surface area contributed by atoms with Gasteiger partial charge in [-0.3, -0.25) is 19.2 Å². The number of hydrogen-bond donors (Lipinski definition) is 0. The lowest BCUT2D eigenvalue weighted by molar-refractivity contribution is -0.131. The highest BCUT2D eigenvalue weighted by Crippen LogP contribution is 2.29. The summed E-state index contributed by atoms with van der Waals surface area (Å²) in [5.41, 5.74) is 2.12. The lowest BCUT2D eigenvalue weighted by Crippen LogP contribution is -2.29. The van der Waals surface area contributed by atoms with Crippen LogP contribution >= 0.6 is 0 Å². The van der Waals surface area contributed by atoms with Gasteiger partial charge in [0.25, 0.3) is 11.8 Å². The van der Waals surface area contributed by atoms with Crippen molar-refractivity contribution in [3.8, 4) is 5.75 Å². The Kier molecular flexibility index (Phi) is 6.55. The molecule has 0 fully saturated rings. The molecule has 0 radical (unpaired) electrons. The van der Waals surface area contributed by atoms with Crippen LogP contribution in [-0.4, -0.2) is 36.1 Å². The maximum absolute atomic E-state index is 12.9. The van der Waals surface area contributed by atoms with Crippen molar-refractivity contribution >= 4 is 35.2 Å². The van der Waals surface area contributed by atoms with Crippen molar-refractivity contribution < 1.29 is 33.4 Å². The Morgan fingerprint density at radius 2 is 1.43 bits per heavy atom. The third-order valence-electron chi connectivity index (χ3n) is 5.50. The number of carbonyl (C=O) groups excluding carboxylic acids is 5. The van der Waals surface area contributed by atoms with Gasteiger partial charge in [0.05, 0.1) is 22.4 Å². The third kappa shape index (κ3) is 4.86. The zero-order valence-electron chi connectivity index (χ0n) is 19.1. The minimum atomic E-state index is -0.802. The highest BCUT2D eigenvalue weighted by molar-refractivity contribution is 6.34. The molecule has 0 saturated carbocycles. The predicted octanol–water partition coefficient (Wildman–Crippen LogP) is 4.01. The van der Waals surface area contributed by atoms with Crippen LogP contribution in [0.25, 0.3) is 0 Å². The Balaban J connectivity index is 1.44. The fourth-order valence-electron chi connectivity index (χ4n) is 3.66. The van der Waals surface area contributed by atoms with E-state index in [0.717, 1.165) is 16.9 Å². The van der Waals surface area contributed by atoms with Crippen LogP contribution in [0.3, 0.4) is 0 Å². The van der Waals surface area contributed by atoms with Crippen molar-refractivity contribution in [3.05, 3.63) is 94.5 Å². The summed E-state index contributed by atoms with van der Waals surface area (Å²) >= 11 is 0. The standard InChI is InChI=1S/C27H21NO7/c1-3-17-4-9-20(10-5-17)28-25(31)22-13-8-19(14-23(22)26(28)32)27(33)34-15-24(30)18-6-11-21(12-7-18)35-16(2)29/h4-14H,3,15H2,1-2H3. The molecular weight excluding hydrogens is 450 g/mol. The Bertz CT molecular complexity index is 1340. The van der Waals surface area contributed by atoms with Crippen LogP contribution < -0.4 is 9.64 Å². The first-order valence-electron chi connectivity index (χ1n) is 10.9. The maximum atomic E-state index is 12.9. The second-order valence-electron chi connectivity index (χ2n) is 7.84. The van der Waals surface area contributed by atoms with Gasteiger partial charge in [0, 0.05) is 12.5 Å². The van der Waals surface area contributed by atoms with Crippen molar-refractivity contribution in [3.63, 3.8) is 0 Å². The lowest BCUT2D eigenvalue weighted by Gasteiger charge is -2.14. The van der Waals surface area contributed by atoms with Crippen LogP contribution in [0.5, 0.6) is 5.75 Å². The van der Waals surface area contributed by atoms with Crippen LogP contribution in [0.2, 0.25) is 0 Å². The molecule has 0 atom stereocenters. The second kappa shape index (κ2) is 9.72. The number of amides is 2. The summed E-state index contributed by atoms with van der Waals surface area (Å²) in [4.78, 5) is 62.7. The number of ketones is 1. The number of fused-ring (bicyclic) bond motifs is 1. The van der Waals surface area contributed by atoms with Crippen molar-refractivity contribution in [2.45, 2.75) is 20.3 Å². The largest absolute Gasteiger partial charge is 0.454 e. The summed E-state index contributed by atoms with van der Waals surface area (Å²) in [7, 11) is 0. The third-order valence-corrected chi connectivity index (χ3v) is 5.50. The van der Waals surface area contributed by atoms with Crippen LogP contribution in [0.4, 0.5) is 5.69 Å². The molecule has 0 bridgehead atoms. The molecule has 2 amide bonds. The Labute approximate surface area is 201 Å². The first kappa shape index (κ1) is 23.6. The number of aryl methyl sites for hydroxylation is 1. The second-order valence-corrected chi connectivity index (χ2v) is 7.84. The fraction of sp³-hybridized carbons (Fsp3) is 0.148. The average Bonchev–Trinajstić information content (AvgIpc) is 3.11. The van der Waals surface area contributed by atoms with Gasteiger partial charge < -0.3 is 9.47 Å². The lowest BCUT2D eigenvalue weighted by atomic mass is 10.1. The summed E-state index contributed by atoms with van der Waals surface area (Å²) in [6.45, 7) is 2.75. The zero-order chi connectivity index (χ0) is 25.1. The number of hydrogen-bond acceptors (Lipinski definition) is 7. The fourth-order valence-corrected chi connectivity index (χ4v) is 3.66. The van der Waals surface area contributed by atoms with E-state index in [2.05, 4.69) is 0 Å². The SMILES string of the molecule is CCc1ccc(N2C(=O)c3ccc(C(=O)OCC(=O)c4ccc(OC(C)=O)cc4)cc3C2=O)cc1. The van der Waals surface area contributed by atoms with E-state index in [1.165, 1.54) is 49.4 Å². The van der Waals surface area contributed by atoms with Gasteiger partial charge in [0.15, 0.2) is 12.4 Å². The van der Waals surface area contributed by atoms with Crippen molar-refractivity contribution in [2.75, 3.05) is 11.5 Å². The van der Waals surface area contributed by atoms with E-state index in [1.807, 2.05) is 19.1 Å². The first-order valence-corrected chi connectivity index (χ1v) is 10.9. The van der Waals surface area contributed by atoms with Crippen LogP contribution in [-0.2, 0) is 16.0 Å². The van der Waals surface area contributed by atoms with E-state index in [1.54, 1.807) is 12.1 Å². The van der Waals surface area contributed by atoms with E-state index in [-0.39, 0.29) is 22.3 Å². The minimum Gasteiger partial charge on any atom is -0.454 e. The molecule has 8 nitrogen and oxygen atoms in total. The molecular formula is C27H21NO7. The number of Topliss-reactive ketones (excluding diaryl/α,β-unsaturated/α-hetero) is 1. The minimum absolute atomic E-state index is 0.0473. The van der Waals surface area contributed by atoms with E-state index in [9.17, 15) is 24.0 Å². The first-order chi connectivity index (χ1) is 16.8. The highest BCUT2D eigenvalue weighted by Gasteiger charge is 2.37. The van der Waals surface area contributed by atoms with Gasteiger partial charge in [-0.25, -0.2) is 9.69 Å². The molecule has 176 valence electrons. The zero-order valence-corrected chi connectivity index (χ0v) is 19.1. The van der Waals surface area contributed by atoms with Gasteiger partial charge in [0.1, 0.15) is 5.75 Å². The molecule has 8 heteroatoms. The van der Waals surface area contributed by atoms with Gasteiger partial charge in [-0.1, -0.05) is 19.1 Å². The Morgan fingerprint density at radius 3 is 2.06 bits per heavy atom. The Morgan fingerprint density at radius 1 is 0.800 bits per heavy atom. The number of nitrogens with zero attached hydrogens (tertiary/aromatic N) is 1. The molecule has 0 aromatic heterocycles. The molecule has 3 aromatic carbocycles. The van der Waals surface area contributed by atoms with E-state index in [0.29, 0.717) is 11.4 Å². The summed E-state index contributed by atoms with van der Waals surface area (Å²) in [6, 6.07) is 17.0. The summed E-state index contributed by atoms with van der Waals surface area (Å²) in [5.74, 6) is -2.45. The molecule has 0 unspecified atom stereocenters. The normalized spacial score (nSPS) is 12.3. The van der Waals surface area contributed by atoms with Crippen LogP contribution in [0.1, 0.15) is 60.8 Å². The van der Waals surface area contributed by atoms with Gasteiger partial charge in [-0.2, -0.15) is 0 Å². The molecule has 1 aliphatic rings. The molecule has 35 heavy (non-hydrogen) atoms. The smallest absolute Gasteiger partial charge is 0.338 e. The number of rotatable bonds is 7. The number of carbonyl (C=O) groups is 5. The van der Waals surface area contributed by atoms with E-state index in [4.69, 9.17) is 9.47 Å². The topological polar surface area (TPSA) is 107 Å². The molecule has 1 aliphatic heterocycles. The van der Waals surface area contributed by atoms with Crippen LogP contribution in [0, 0.1) is 0 Å². The van der Waals surface area contributed by atoms with Crippen molar-refractivity contribution in [1.29, 1.82) is 0 Å². The molecule has 3 aromatic rings. The van der Waals surface area contributed by atoms with Gasteiger partial charge >= 0.3 is 11.9 Å². The molecule has 0 N–H and O–H groups in total. The summed E-state index contributed by atoms with van der Waals surface area (Å²) < 4.78 is 10.0. The molecule has 0 spiro atoms. The van der Waals surface area contributed by atoms with Gasteiger partial charge in [-0.15, -0.1) is 0 Å². The Hall–Kier alpha value is -4.59. The number of esters is 2. The number of anilines is 1. The molecule has 1 heterocycles. The number of ether oxygens (including phenoxy) is 2. The van der Waals surface area contributed by atoms with Gasteiger partial charge in [-0.05, 0) is 66.6 Å². The van der Waals surface area contributed by atoms with E-state index < -0.39 is 36.1 Å². The molecule has 0 aliphatic carbocycles. The van der Waals surface area contributed by atoms with E-state index >= 15 is 0 Å². The maximum Gasteiger partial charge on any atom is 0.338 e. The van der Waals surface area contributed by atoms with Gasteiger partial charge in [0.2, 0.25) is 0 Å². The number of imide groups is 1.